The van der Waals surface area contributed by atoms with Gasteiger partial charge in [0.1, 0.15) is 0 Å². The Bertz CT molecular complexity index is 287. The van der Waals surface area contributed by atoms with Crippen LogP contribution >= 0.6 is 0 Å². The predicted octanol–water partition coefficient (Wildman–Crippen LogP) is 5.69. The molecule has 1 nitrogen and oxygen atoms in total. The first-order chi connectivity index (χ1) is 9.39. The zero-order valence-corrected chi connectivity index (χ0v) is 13.3. The largest absolute Gasteiger partial charge is 0.458 e. The summed E-state index contributed by atoms with van der Waals surface area (Å²) in [6, 6.07) is 3.19. The number of hydrogen-bond donors (Lipinski definition) is 0. The van der Waals surface area contributed by atoms with Gasteiger partial charge in [0.15, 0.2) is 0 Å². The average molecular weight is 342 g/mol. The highest BCUT2D eigenvalue weighted by molar-refractivity contribution is 6.79. The smallest absolute Gasteiger partial charge is 0.332 e. The molecule has 0 unspecified atom stereocenters. The van der Waals surface area contributed by atoms with Gasteiger partial charge in [-0.3, -0.25) is 0 Å². The van der Waals surface area contributed by atoms with E-state index in [1.54, 1.807) is 0 Å². The Balaban J connectivity index is 4.69. The van der Waals surface area contributed by atoms with Crippen LogP contribution in [-0.2, 0) is 4.74 Å². The van der Waals surface area contributed by atoms with E-state index in [9.17, 15) is 30.7 Å². The van der Waals surface area contributed by atoms with Crippen molar-refractivity contribution in [3.05, 3.63) is 0 Å². The first-order valence-corrected chi connectivity index (χ1v) is 9.68. The normalized spacial score (nSPS) is 14.6. The van der Waals surface area contributed by atoms with Gasteiger partial charge in [-0.05, 0) is 6.42 Å². The fourth-order valence-electron chi connectivity index (χ4n) is 2.26. The predicted molar refractivity (Wildman–Crippen MR) is 68.5 cm³/mol. The second kappa shape index (κ2) is 7.30. The van der Waals surface area contributed by atoms with Crippen molar-refractivity contribution < 1.29 is 35.5 Å². The number of ether oxygens (including phenoxy) is 1. The summed E-state index contributed by atoms with van der Waals surface area (Å²) in [6.45, 7) is 4.99. The number of halogens is 7. The summed E-state index contributed by atoms with van der Waals surface area (Å²) in [5.74, 6) is -5.59. The van der Waals surface area contributed by atoms with Gasteiger partial charge >= 0.3 is 18.2 Å². The topological polar surface area (TPSA) is 9.23 Å². The second-order valence-electron chi connectivity index (χ2n) is 5.10. The fraction of sp³-hybridized carbons (Fsp3) is 1.00. The van der Waals surface area contributed by atoms with Gasteiger partial charge in [-0.2, -0.15) is 30.7 Å². The molecule has 128 valence electrons. The molecule has 0 heterocycles. The van der Waals surface area contributed by atoms with Crippen LogP contribution in [0.3, 0.4) is 0 Å². The Morgan fingerprint density at radius 1 is 0.762 bits per heavy atom. The summed E-state index contributed by atoms with van der Waals surface area (Å²) >= 11 is 0. The molecule has 0 radical (unpaired) electrons. The zero-order chi connectivity index (χ0) is 16.9. The molecule has 0 bridgehead atoms. The van der Waals surface area contributed by atoms with Gasteiger partial charge in [0.25, 0.3) is 0 Å². The summed E-state index contributed by atoms with van der Waals surface area (Å²) in [4.78, 5) is 0. The lowest BCUT2D eigenvalue weighted by molar-refractivity contribution is -0.429. The standard InChI is InChI=1S/C12H21F7OSi/c1-4-21(5-2,6-3)9-7-8-20-10(13,11(14,15)16)12(17,18)19/h4-9H2,1-3H3. The lowest BCUT2D eigenvalue weighted by atomic mass is 10.3. The summed E-state index contributed by atoms with van der Waals surface area (Å²) in [5.41, 5.74) is 0. The van der Waals surface area contributed by atoms with Crippen molar-refractivity contribution in [2.24, 2.45) is 0 Å². The molecule has 0 rings (SSSR count). The van der Waals surface area contributed by atoms with Gasteiger partial charge in [-0.1, -0.05) is 44.9 Å². The van der Waals surface area contributed by atoms with Crippen molar-refractivity contribution in [1.82, 2.24) is 0 Å². The van der Waals surface area contributed by atoms with E-state index in [1.807, 2.05) is 20.8 Å². The second-order valence-corrected chi connectivity index (χ2v) is 10.7. The van der Waals surface area contributed by atoms with Crippen molar-refractivity contribution in [1.29, 1.82) is 0 Å². The lowest BCUT2D eigenvalue weighted by Gasteiger charge is -2.31. The Labute approximate surface area is 120 Å². The van der Waals surface area contributed by atoms with Crippen LogP contribution in [0.15, 0.2) is 0 Å². The van der Waals surface area contributed by atoms with Crippen molar-refractivity contribution in [3.63, 3.8) is 0 Å². The lowest BCUT2D eigenvalue weighted by Crippen LogP contribution is -2.55. The van der Waals surface area contributed by atoms with Gasteiger partial charge in [-0.15, -0.1) is 0 Å². The average Bonchev–Trinajstić information content (AvgIpc) is 2.37. The maximum Gasteiger partial charge on any atom is 0.458 e. The molecule has 0 amide bonds. The molecule has 9 heteroatoms. The third kappa shape index (κ3) is 4.84. The first-order valence-electron chi connectivity index (χ1n) is 6.85. The summed E-state index contributed by atoms with van der Waals surface area (Å²) in [7, 11) is -1.67. The van der Waals surface area contributed by atoms with E-state index < -0.39 is 32.9 Å². The van der Waals surface area contributed by atoms with E-state index in [4.69, 9.17) is 0 Å². The molecule has 21 heavy (non-hydrogen) atoms. The Kier molecular flexibility index (Phi) is 7.19. The molecule has 0 aromatic rings. The molecule has 0 aliphatic rings. The Hall–Kier alpha value is -0.313. The number of alkyl halides is 7. The molecular formula is C12H21F7OSi. The molecule has 0 saturated heterocycles. The minimum atomic E-state index is -6.14. The van der Waals surface area contributed by atoms with E-state index in [0.29, 0.717) is 6.04 Å². The summed E-state index contributed by atoms with van der Waals surface area (Å²) in [6.07, 6.45) is -12.3. The highest BCUT2D eigenvalue weighted by Gasteiger charge is 2.74. The van der Waals surface area contributed by atoms with Crippen molar-refractivity contribution >= 4 is 8.07 Å². The van der Waals surface area contributed by atoms with Crippen LogP contribution in [0, 0.1) is 0 Å². The van der Waals surface area contributed by atoms with Crippen LogP contribution in [0.2, 0.25) is 24.2 Å². The molecule has 0 aliphatic carbocycles. The van der Waals surface area contributed by atoms with Gasteiger partial charge < -0.3 is 4.74 Å². The molecule has 0 aromatic carbocycles. The van der Waals surface area contributed by atoms with Gasteiger partial charge in [0.05, 0.1) is 14.7 Å². The Morgan fingerprint density at radius 2 is 1.14 bits per heavy atom. The van der Waals surface area contributed by atoms with E-state index in [2.05, 4.69) is 4.74 Å². The van der Waals surface area contributed by atoms with Crippen LogP contribution in [0.1, 0.15) is 27.2 Å². The maximum atomic E-state index is 13.2. The Morgan fingerprint density at radius 3 is 1.43 bits per heavy atom. The quantitative estimate of drug-likeness (QED) is 0.313. The van der Waals surface area contributed by atoms with Crippen LogP contribution in [0.25, 0.3) is 0 Å². The highest BCUT2D eigenvalue weighted by Crippen LogP contribution is 2.47. The van der Waals surface area contributed by atoms with Crippen LogP contribution in [-0.4, -0.2) is 32.9 Å². The van der Waals surface area contributed by atoms with Crippen molar-refractivity contribution in [3.8, 4) is 0 Å². The molecule has 0 aromatic heterocycles. The third-order valence-electron chi connectivity index (χ3n) is 4.13. The zero-order valence-electron chi connectivity index (χ0n) is 12.3. The van der Waals surface area contributed by atoms with Gasteiger partial charge in [0.2, 0.25) is 0 Å². The highest BCUT2D eigenvalue weighted by atomic mass is 28.3. The molecule has 0 atom stereocenters. The number of hydrogen-bond acceptors (Lipinski definition) is 1. The molecule has 0 N–H and O–H groups in total. The minimum Gasteiger partial charge on any atom is -0.332 e. The van der Waals surface area contributed by atoms with Gasteiger partial charge in [-0.25, -0.2) is 0 Å². The SMILES string of the molecule is CC[Si](CC)(CC)CCCOC(F)(C(F)(F)F)C(F)(F)F. The van der Waals surface area contributed by atoms with E-state index >= 15 is 0 Å². The molecule has 0 fully saturated rings. The first kappa shape index (κ1) is 20.7. The van der Waals surface area contributed by atoms with Crippen molar-refractivity contribution in [2.45, 2.75) is 69.6 Å². The fourth-order valence-corrected chi connectivity index (χ4v) is 5.72. The third-order valence-corrected chi connectivity index (χ3v) is 10.0. The van der Waals surface area contributed by atoms with Crippen molar-refractivity contribution in [2.75, 3.05) is 6.61 Å². The van der Waals surface area contributed by atoms with Gasteiger partial charge in [0, 0.05) is 0 Å². The maximum absolute atomic E-state index is 13.2. The van der Waals surface area contributed by atoms with Crippen LogP contribution in [0.5, 0.6) is 0 Å². The van der Waals surface area contributed by atoms with Crippen LogP contribution in [0.4, 0.5) is 30.7 Å². The monoisotopic (exact) mass is 342 g/mol. The van der Waals surface area contributed by atoms with Crippen LogP contribution < -0.4 is 0 Å². The summed E-state index contributed by atoms with van der Waals surface area (Å²) < 4.78 is 90.3. The minimum absolute atomic E-state index is 0.000424. The van der Waals surface area contributed by atoms with E-state index in [1.165, 1.54) is 0 Å². The molecule has 0 spiro atoms. The molecular weight excluding hydrogens is 321 g/mol. The van der Waals surface area contributed by atoms with E-state index in [0.717, 1.165) is 18.1 Å². The van der Waals surface area contributed by atoms with E-state index in [-0.39, 0.29) is 6.42 Å². The summed E-state index contributed by atoms with van der Waals surface area (Å²) in [5, 5.41) is 0. The molecule has 0 aliphatic heterocycles. The molecule has 0 saturated carbocycles. The number of rotatable bonds is 8.